The summed E-state index contributed by atoms with van der Waals surface area (Å²) < 4.78 is 23.6. The monoisotopic (exact) mass is 253 g/mol. The molecule has 1 aromatic rings. The number of nitriles is 1. The molecule has 0 heterocycles. The number of sulfone groups is 1. The number of aliphatic hydroxyl groups excluding tert-OH is 1. The molecule has 1 N–H and O–H groups in total. The fourth-order valence-corrected chi connectivity index (χ4v) is 3.35. The van der Waals surface area contributed by atoms with Crippen molar-refractivity contribution in [2.45, 2.75) is 12.7 Å². The normalized spacial score (nSPS) is 13.0. The van der Waals surface area contributed by atoms with E-state index in [1.54, 1.807) is 31.2 Å². The lowest BCUT2D eigenvalue weighted by molar-refractivity contribution is 0.249. The van der Waals surface area contributed by atoms with E-state index in [0.717, 1.165) is 0 Å². The van der Waals surface area contributed by atoms with Crippen LogP contribution in [0.3, 0.4) is 0 Å². The first-order chi connectivity index (χ1) is 7.98. The Morgan fingerprint density at radius 1 is 1.41 bits per heavy atom. The molecule has 0 aliphatic heterocycles. The van der Waals surface area contributed by atoms with E-state index >= 15 is 0 Å². The van der Waals surface area contributed by atoms with Crippen molar-refractivity contribution < 1.29 is 13.5 Å². The fraction of sp³-hybridized carbons (Fsp3) is 0.417. The molecule has 0 saturated heterocycles. The molecule has 0 fully saturated rings. The quantitative estimate of drug-likeness (QED) is 0.852. The first kappa shape index (κ1) is 13.7. The van der Waals surface area contributed by atoms with Crippen molar-refractivity contribution in [3.05, 3.63) is 35.4 Å². The van der Waals surface area contributed by atoms with Crippen molar-refractivity contribution in [3.63, 3.8) is 0 Å². The summed E-state index contributed by atoms with van der Waals surface area (Å²) in [7, 11) is -3.29. The topological polar surface area (TPSA) is 78.2 Å². The molecule has 0 bridgehead atoms. The van der Waals surface area contributed by atoms with E-state index in [2.05, 4.69) is 0 Å². The van der Waals surface area contributed by atoms with Crippen LogP contribution in [0.5, 0.6) is 0 Å². The minimum Gasteiger partial charge on any atom is -0.396 e. The van der Waals surface area contributed by atoms with E-state index in [-0.39, 0.29) is 24.0 Å². The number of hydrogen-bond acceptors (Lipinski definition) is 4. The van der Waals surface area contributed by atoms with E-state index in [1.807, 2.05) is 6.07 Å². The third-order valence-corrected chi connectivity index (χ3v) is 4.19. The first-order valence-electron chi connectivity index (χ1n) is 5.28. The summed E-state index contributed by atoms with van der Waals surface area (Å²) in [6.07, 6.45) is 0. The zero-order valence-electron chi connectivity index (χ0n) is 9.63. The summed E-state index contributed by atoms with van der Waals surface area (Å²) in [6.45, 7) is 1.52. The Morgan fingerprint density at radius 3 is 2.65 bits per heavy atom. The molecule has 0 saturated carbocycles. The van der Waals surface area contributed by atoms with Gasteiger partial charge in [-0.25, -0.2) is 8.42 Å². The second-order valence-electron chi connectivity index (χ2n) is 4.11. The van der Waals surface area contributed by atoms with Crippen LogP contribution in [0.4, 0.5) is 0 Å². The average Bonchev–Trinajstić information content (AvgIpc) is 2.28. The summed E-state index contributed by atoms with van der Waals surface area (Å²) in [5.74, 6) is -0.501. The molecule has 0 aromatic heterocycles. The Kier molecular flexibility index (Phi) is 4.67. The van der Waals surface area contributed by atoms with Crippen LogP contribution in [0.1, 0.15) is 18.1 Å². The molecule has 1 rings (SSSR count). The smallest absolute Gasteiger partial charge is 0.154 e. The lowest BCUT2D eigenvalue weighted by Gasteiger charge is -2.09. The number of benzene rings is 1. The highest BCUT2D eigenvalue weighted by Gasteiger charge is 2.17. The molecular weight excluding hydrogens is 238 g/mol. The minimum absolute atomic E-state index is 0.0662. The molecule has 17 heavy (non-hydrogen) atoms. The van der Waals surface area contributed by atoms with Gasteiger partial charge in [0.2, 0.25) is 0 Å². The van der Waals surface area contributed by atoms with Gasteiger partial charge in [-0.15, -0.1) is 0 Å². The number of hydrogen-bond donors (Lipinski definition) is 1. The van der Waals surface area contributed by atoms with Gasteiger partial charge in [0.15, 0.2) is 9.84 Å². The lowest BCUT2D eigenvalue weighted by atomic mass is 10.1. The van der Waals surface area contributed by atoms with Crippen LogP contribution in [0.25, 0.3) is 0 Å². The maximum absolute atomic E-state index is 11.8. The molecule has 5 heteroatoms. The van der Waals surface area contributed by atoms with Crippen LogP contribution in [-0.2, 0) is 15.6 Å². The summed E-state index contributed by atoms with van der Waals surface area (Å²) >= 11 is 0. The molecule has 0 amide bonds. The summed E-state index contributed by atoms with van der Waals surface area (Å²) in [6, 6.07) is 8.62. The van der Waals surface area contributed by atoms with Crippen molar-refractivity contribution in [2.75, 3.05) is 12.4 Å². The van der Waals surface area contributed by atoms with Crippen molar-refractivity contribution in [1.82, 2.24) is 0 Å². The Labute approximate surface area is 101 Å². The number of rotatable bonds is 5. The molecule has 1 unspecified atom stereocenters. The van der Waals surface area contributed by atoms with E-state index in [9.17, 15) is 8.42 Å². The van der Waals surface area contributed by atoms with Crippen LogP contribution in [-0.4, -0.2) is 25.9 Å². The zero-order chi connectivity index (χ0) is 12.9. The summed E-state index contributed by atoms with van der Waals surface area (Å²) in [4.78, 5) is 0. The number of aliphatic hydroxyl groups is 1. The van der Waals surface area contributed by atoms with Crippen LogP contribution < -0.4 is 0 Å². The molecule has 0 aliphatic carbocycles. The molecule has 1 atom stereocenters. The van der Waals surface area contributed by atoms with Gasteiger partial charge in [-0.2, -0.15) is 5.26 Å². The van der Waals surface area contributed by atoms with Crippen LogP contribution in [0.2, 0.25) is 0 Å². The van der Waals surface area contributed by atoms with Crippen LogP contribution in [0, 0.1) is 17.2 Å². The Balaban J connectivity index is 2.88. The Morgan fingerprint density at radius 2 is 2.06 bits per heavy atom. The van der Waals surface area contributed by atoms with Crippen molar-refractivity contribution in [3.8, 4) is 6.07 Å². The molecule has 0 radical (unpaired) electrons. The molecule has 0 aliphatic rings. The van der Waals surface area contributed by atoms with E-state index < -0.39 is 9.84 Å². The summed E-state index contributed by atoms with van der Waals surface area (Å²) in [5.41, 5.74) is 0.896. The van der Waals surface area contributed by atoms with Crippen LogP contribution in [0.15, 0.2) is 24.3 Å². The summed E-state index contributed by atoms with van der Waals surface area (Å²) in [5, 5.41) is 17.7. The van der Waals surface area contributed by atoms with Crippen molar-refractivity contribution in [2.24, 2.45) is 5.92 Å². The number of nitrogens with zero attached hydrogens (tertiary/aromatic N) is 1. The van der Waals surface area contributed by atoms with Crippen molar-refractivity contribution in [1.29, 1.82) is 5.26 Å². The Hall–Kier alpha value is -1.38. The highest BCUT2D eigenvalue weighted by Crippen LogP contribution is 2.13. The minimum atomic E-state index is -3.29. The maximum atomic E-state index is 11.8. The maximum Gasteiger partial charge on any atom is 0.154 e. The second kappa shape index (κ2) is 5.80. The second-order valence-corrected chi connectivity index (χ2v) is 6.22. The fourth-order valence-electron chi connectivity index (χ4n) is 1.54. The van der Waals surface area contributed by atoms with Crippen LogP contribution >= 0.6 is 0 Å². The molecule has 1 aromatic carbocycles. The van der Waals surface area contributed by atoms with E-state index in [4.69, 9.17) is 10.4 Å². The van der Waals surface area contributed by atoms with E-state index in [0.29, 0.717) is 11.1 Å². The van der Waals surface area contributed by atoms with Gasteiger partial charge in [0, 0.05) is 6.61 Å². The highest BCUT2D eigenvalue weighted by atomic mass is 32.2. The molecular formula is C12H15NO3S. The van der Waals surface area contributed by atoms with Gasteiger partial charge >= 0.3 is 0 Å². The Bertz CT molecular complexity index is 517. The predicted molar refractivity (Wildman–Crippen MR) is 64.9 cm³/mol. The van der Waals surface area contributed by atoms with Gasteiger partial charge in [0.05, 0.1) is 23.1 Å². The molecule has 92 valence electrons. The van der Waals surface area contributed by atoms with Crippen molar-refractivity contribution >= 4 is 9.84 Å². The predicted octanol–water partition coefficient (Wildman–Crippen LogP) is 1.10. The molecule has 0 spiro atoms. The SMILES string of the molecule is CC(CO)CS(=O)(=O)Cc1ccccc1C#N. The average molecular weight is 253 g/mol. The molecule has 4 nitrogen and oxygen atoms in total. The van der Waals surface area contributed by atoms with Gasteiger partial charge < -0.3 is 5.11 Å². The van der Waals surface area contributed by atoms with Gasteiger partial charge in [-0.05, 0) is 17.5 Å². The highest BCUT2D eigenvalue weighted by molar-refractivity contribution is 7.90. The van der Waals surface area contributed by atoms with Gasteiger partial charge in [0.25, 0.3) is 0 Å². The first-order valence-corrected chi connectivity index (χ1v) is 7.10. The van der Waals surface area contributed by atoms with Gasteiger partial charge in [0.1, 0.15) is 0 Å². The zero-order valence-corrected chi connectivity index (χ0v) is 10.4. The third kappa shape index (κ3) is 4.17. The van der Waals surface area contributed by atoms with E-state index in [1.165, 1.54) is 0 Å². The van der Waals surface area contributed by atoms with Gasteiger partial charge in [-0.3, -0.25) is 0 Å². The standard InChI is InChI=1S/C12H15NO3S/c1-10(7-14)8-17(15,16)9-12-5-3-2-4-11(12)6-13/h2-5,10,14H,7-9H2,1H3. The largest absolute Gasteiger partial charge is 0.396 e. The van der Waals surface area contributed by atoms with Gasteiger partial charge in [-0.1, -0.05) is 25.1 Å². The third-order valence-electron chi connectivity index (χ3n) is 2.36. The lowest BCUT2D eigenvalue weighted by Crippen LogP contribution is -2.18.